The Bertz CT molecular complexity index is 657. The molecule has 2 aromatic rings. The molecule has 0 atom stereocenters. The Kier molecular flexibility index (Phi) is 12.9. The van der Waals surface area contributed by atoms with E-state index in [-0.39, 0.29) is 68.5 Å². The van der Waals surface area contributed by atoms with E-state index in [4.69, 9.17) is 5.11 Å². The van der Waals surface area contributed by atoms with E-state index < -0.39 is 5.97 Å². The molecule has 0 aliphatic carbocycles. The van der Waals surface area contributed by atoms with Crippen LogP contribution in [0.1, 0.15) is 32.7 Å². The first-order chi connectivity index (χ1) is 12.7. The van der Waals surface area contributed by atoms with Crippen LogP contribution in [0.25, 0.3) is 0 Å². The number of hydrogen-bond donors (Lipinski definition) is 1. The molecule has 6 heteroatoms. The van der Waals surface area contributed by atoms with Crippen molar-refractivity contribution in [1.29, 1.82) is 0 Å². The van der Waals surface area contributed by atoms with Gasteiger partial charge in [-0.3, -0.25) is 9.69 Å². The first-order valence-corrected chi connectivity index (χ1v) is 9.49. The fraction of sp³-hybridized carbons (Fsp3) is 0.409. The SMILES string of the molecule is O=C(O)CN1CCCN(CCC(c2ccccc2)c2ccccc2)CC1.[H-].[H-].[Na+].[Na+]. The quantitative estimate of drug-likeness (QED) is 0.524. The minimum absolute atomic E-state index is 0. The second-order valence-electron chi connectivity index (χ2n) is 7.03. The molecular formula is C22H30N2Na2O2. The molecule has 0 saturated carbocycles. The van der Waals surface area contributed by atoms with Crippen molar-refractivity contribution in [2.75, 3.05) is 39.3 Å². The number of aliphatic carboxylic acids is 1. The summed E-state index contributed by atoms with van der Waals surface area (Å²) < 4.78 is 0. The summed E-state index contributed by atoms with van der Waals surface area (Å²) in [4.78, 5) is 15.5. The van der Waals surface area contributed by atoms with E-state index in [9.17, 15) is 4.79 Å². The average molecular weight is 400 g/mol. The van der Waals surface area contributed by atoms with Crippen molar-refractivity contribution < 1.29 is 71.9 Å². The molecule has 1 heterocycles. The zero-order valence-electron chi connectivity index (χ0n) is 19.3. The van der Waals surface area contributed by atoms with Gasteiger partial charge in [-0.1, -0.05) is 60.7 Å². The molecule has 0 aromatic heterocycles. The molecular weight excluding hydrogens is 370 g/mol. The van der Waals surface area contributed by atoms with Crippen LogP contribution in [0.5, 0.6) is 0 Å². The second kappa shape index (κ2) is 13.9. The van der Waals surface area contributed by atoms with E-state index in [2.05, 4.69) is 65.6 Å². The van der Waals surface area contributed by atoms with Gasteiger partial charge in [0.25, 0.3) is 0 Å². The Morgan fingerprint density at radius 2 is 1.36 bits per heavy atom. The summed E-state index contributed by atoms with van der Waals surface area (Å²) in [7, 11) is 0. The van der Waals surface area contributed by atoms with Crippen molar-refractivity contribution in [1.82, 2.24) is 9.80 Å². The molecule has 28 heavy (non-hydrogen) atoms. The van der Waals surface area contributed by atoms with Gasteiger partial charge in [0.1, 0.15) is 0 Å². The summed E-state index contributed by atoms with van der Waals surface area (Å²) in [6.45, 7) is 4.91. The maximum absolute atomic E-state index is 10.9. The Morgan fingerprint density at radius 1 is 0.857 bits per heavy atom. The third kappa shape index (κ3) is 8.29. The van der Waals surface area contributed by atoms with Gasteiger partial charge in [-0.2, -0.15) is 0 Å². The molecule has 1 aliphatic rings. The smallest absolute Gasteiger partial charge is 1.00 e. The summed E-state index contributed by atoms with van der Waals surface area (Å²) in [6, 6.07) is 21.4. The predicted molar refractivity (Wildman–Crippen MR) is 107 cm³/mol. The van der Waals surface area contributed by atoms with Gasteiger partial charge in [0, 0.05) is 25.6 Å². The molecule has 2 aromatic carbocycles. The first-order valence-electron chi connectivity index (χ1n) is 9.49. The van der Waals surface area contributed by atoms with Gasteiger partial charge < -0.3 is 12.9 Å². The summed E-state index contributed by atoms with van der Waals surface area (Å²) in [5.74, 6) is -0.331. The Morgan fingerprint density at radius 3 is 1.89 bits per heavy atom. The summed E-state index contributed by atoms with van der Waals surface area (Å²) in [5.41, 5.74) is 2.72. The molecule has 142 valence electrons. The number of rotatable bonds is 7. The number of carboxylic acid groups (broad SMARTS) is 1. The van der Waals surface area contributed by atoms with Crippen molar-refractivity contribution in [3.05, 3.63) is 71.8 Å². The van der Waals surface area contributed by atoms with Crippen LogP contribution in [-0.2, 0) is 4.79 Å². The van der Waals surface area contributed by atoms with Gasteiger partial charge in [-0.05, 0) is 37.1 Å². The van der Waals surface area contributed by atoms with Crippen LogP contribution >= 0.6 is 0 Å². The van der Waals surface area contributed by atoms with E-state index >= 15 is 0 Å². The summed E-state index contributed by atoms with van der Waals surface area (Å²) in [5, 5.41) is 9.00. The fourth-order valence-electron chi connectivity index (χ4n) is 3.81. The predicted octanol–water partition coefficient (Wildman–Crippen LogP) is -2.47. The minimum atomic E-state index is -0.730. The molecule has 0 amide bonds. The zero-order chi connectivity index (χ0) is 18.2. The van der Waals surface area contributed by atoms with E-state index in [0.29, 0.717) is 5.92 Å². The Balaban J connectivity index is 0. The van der Waals surface area contributed by atoms with Crippen LogP contribution in [0.4, 0.5) is 0 Å². The van der Waals surface area contributed by atoms with Crippen molar-refractivity contribution in [3.8, 4) is 0 Å². The van der Waals surface area contributed by atoms with Crippen LogP contribution in [-0.4, -0.2) is 60.1 Å². The van der Waals surface area contributed by atoms with Gasteiger partial charge >= 0.3 is 65.1 Å². The summed E-state index contributed by atoms with van der Waals surface area (Å²) >= 11 is 0. The van der Waals surface area contributed by atoms with Crippen LogP contribution in [0.3, 0.4) is 0 Å². The van der Waals surface area contributed by atoms with Crippen LogP contribution in [0, 0.1) is 0 Å². The zero-order valence-corrected chi connectivity index (χ0v) is 21.3. The van der Waals surface area contributed by atoms with Gasteiger partial charge in [0.2, 0.25) is 0 Å². The molecule has 0 bridgehead atoms. The third-order valence-corrected chi connectivity index (χ3v) is 5.18. The van der Waals surface area contributed by atoms with Crippen molar-refractivity contribution in [2.45, 2.75) is 18.8 Å². The maximum atomic E-state index is 10.9. The number of benzene rings is 2. The van der Waals surface area contributed by atoms with E-state index in [1.165, 1.54) is 11.1 Å². The van der Waals surface area contributed by atoms with E-state index in [1.807, 2.05) is 4.90 Å². The molecule has 1 fully saturated rings. The molecule has 1 aliphatic heterocycles. The van der Waals surface area contributed by atoms with E-state index in [1.54, 1.807) is 0 Å². The van der Waals surface area contributed by atoms with Crippen molar-refractivity contribution >= 4 is 5.97 Å². The molecule has 0 unspecified atom stereocenters. The largest absolute Gasteiger partial charge is 1.00 e. The van der Waals surface area contributed by atoms with Crippen LogP contribution < -0.4 is 59.1 Å². The third-order valence-electron chi connectivity index (χ3n) is 5.18. The van der Waals surface area contributed by atoms with Crippen molar-refractivity contribution in [2.24, 2.45) is 0 Å². The number of hydrogen-bond acceptors (Lipinski definition) is 3. The van der Waals surface area contributed by atoms with E-state index in [0.717, 1.165) is 45.6 Å². The Labute approximate surface area is 215 Å². The van der Waals surface area contributed by atoms with Gasteiger partial charge in [-0.25, -0.2) is 0 Å². The second-order valence-corrected chi connectivity index (χ2v) is 7.03. The summed E-state index contributed by atoms with van der Waals surface area (Å²) in [6.07, 6.45) is 2.11. The van der Waals surface area contributed by atoms with Crippen LogP contribution in [0.15, 0.2) is 60.7 Å². The monoisotopic (exact) mass is 400 g/mol. The van der Waals surface area contributed by atoms with Gasteiger partial charge in [0.15, 0.2) is 0 Å². The number of carboxylic acids is 1. The minimum Gasteiger partial charge on any atom is -1.00 e. The van der Waals surface area contributed by atoms with Crippen molar-refractivity contribution in [3.63, 3.8) is 0 Å². The van der Waals surface area contributed by atoms with Gasteiger partial charge in [0.05, 0.1) is 6.54 Å². The molecule has 1 N–H and O–H groups in total. The topological polar surface area (TPSA) is 43.8 Å². The Hall–Kier alpha value is -0.170. The number of nitrogens with zero attached hydrogens (tertiary/aromatic N) is 2. The first kappa shape index (κ1) is 25.9. The molecule has 3 rings (SSSR count). The molecule has 0 radical (unpaired) electrons. The fourth-order valence-corrected chi connectivity index (χ4v) is 3.81. The average Bonchev–Trinajstić information content (AvgIpc) is 2.88. The maximum Gasteiger partial charge on any atom is 1.00 e. The van der Waals surface area contributed by atoms with Crippen LogP contribution in [0.2, 0.25) is 0 Å². The standard InChI is InChI=1S/C22H28N2O2.2Na.2H/c25-22(26)18-24-14-7-13-23(16-17-24)15-12-21(19-8-3-1-4-9-19)20-10-5-2-6-11-20;;;;/h1-6,8-11,21H,7,12-18H2,(H,25,26);;;;/q;2*+1;2*-1. The molecule has 4 nitrogen and oxygen atoms in total. The normalized spacial score (nSPS) is 15.3. The molecule has 1 saturated heterocycles. The molecule has 0 spiro atoms. The number of carbonyl (C=O) groups is 1. The van der Waals surface area contributed by atoms with Gasteiger partial charge in [-0.15, -0.1) is 0 Å².